The average Bonchev–Trinajstić information content (AvgIpc) is 3.17. The third-order valence-corrected chi connectivity index (χ3v) is 5.91. The lowest BCUT2D eigenvalue weighted by Gasteiger charge is -2.29. The minimum Gasteiger partial charge on any atom is -0.475 e. The van der Waals surface area contributed by atoms with E-state index in [0.717, 1.165) is 45.7 Å². The summed E-state index contributed by atoms with van der Waals surface area (Å²) in [6.45, 7) is 6.70. The maximum Gasteiger partial charge on any atom is 0.490 e. The predicted molar refractivity (Wildman–Crippen MR) is 119 cm³/mol. The van der Waals surface area contributed by atoms with Crippen LogP contribution in [0.4, 0.5) is 13.2 Å². The highest BCUT2D eigenvalue weighted by molar-refractivity contribution is 5.76. The van der Waals surface area contributed by atoms with Crippen molar-refractivity contribution < 1.29 is 32.6 Å². The summed E-state index contributed by atoms with van der Waals surface area (Å²) >= 11 is 0. The number of hydrogen-bond donors (Lipinski definition) is 1. The van der Waals surface area contributed by atoms with Crippen LogP contribution in [-0.4, -0.2) is 76.9 Å². The van der Waals surface area contributed by atoms with Gasteiger partial charge in [0.25, 0.3) is 0 Å². The van der Waals surface area contributed by atoms with Gasteiger partial charge in [-0.2, -0.15) is 13.2 Å². The van der Waals surface area contributed by atoms with E-state index in [4.69, 9.17) is 14.6 Å². The maximum absolute atomic E-state index is 12.8. The summed E-state index contributed by atoms with van der Waals surface area (Å²) in [5.74, 6) is -2.13. The number of carboxylic acids is 1. The van der Waals surface area contributed by atoms with E-state index in [9.17, 15) is 18.0 Å². The first-order valence-corrected chi connectivity index (χ1v) is 11.3. The second kappa shape index (κ2) is 12.0. The van der Waals surface area contributed by atoms with E-state index in [1.807, 2.05) is 4.90 Å². The minimum absolute atomic E-state index is 0.280. The first-order valence-electron chi connectivity index (χ1n) is 11.3. The molecule has 2 aliphatic rings. The van der Waals surface area contributed by atoms with E-state index in [1.165, 1.54) is 11.3 Å². The summed E-state index contributed by atoms with van der Waals surface area (Å²) in [5.41, 5.74) is 2.72. The molecule has 186 valence electrons. The number of halogens is 3. The van der Waals surface area contributed by atoms with Crippen molar-refractivity contribution in [3.8, 4) is 0 Å². The van der Waals surface area contributed by atoms with Crippen LogP contribution in [-0.2, 0) is 33.8 Å². The molecule has 1 unspecified atom stereocenters. The highest BCUT2D eigenvalue weighted by Crippen LogP contribution is 2.21. The number of carbonyl (C=O) groups excluding carboxylic acids is 1. The van der Waals surface area contributed by atoms with Crippen molar-refractivity contribution in [1.29, 1.82) is 0 Å². The highest BCUT2D eigenvalue weighted by atomic mass is 19.4. The van der Waals surface area contributed by atoms with Crippen molar-refractivity contribution in [2.45, 2.75) is 32.1 Å². The number of carboxylic acid groups (broad SMARTS) is 1. The third-order valence-electron chi connectivity index (χ3n) is 5.91. The van der Waals surface area contributed by atoms with Crippen molar-refractivity contribution in [2.24, 2.45) is 5.92 Å². The molecule has 0 aliphatic carbocycles. The van der Waals surface area contributed by atoms with Crippen LogP contribution in [0.2, 0.25) is 0 Å². The van der Waals surface area contributed by atoms with Gasteiger partial charge in [-0.25, -0.2) is 4.79 Å². The van der Waals surface area contributed by atoms with Gasteiger partial charge in [0.2, 0.25) is 5.91 Å². The molecule has 0 radical (unpaired) electrons. The molecule has 0 spiro atoms. The molecule has 2 aliphatic heterocycles. The summed E-state index contributed by atoms with van der Waals surface area (Å²) in [4.78, 5) is 26.1. The van der Waals surface area contributed by atoms with Crippen LogP contribution in [0.15, 0.2) is 48.7 Å². The van der Waals surface area contributed by atoms with Crippen LogP contribution in [0.25, 0.3) is 0 Å². The molecule has 10 heteroatoms. The van der Waals surface area contributed by atoms with Gasteiger partial charge in [-0.05, 0) is 30.0 Å². The molecule has 1 aromatic heterocycles. The lowest BCUT2D eigenvalue weighted by atomic mass is 10.0. The topological polar surface area (TPSA) is 75.0 Å². The number of ether oxygens (including phenoxy) is 1. The van der Waals surface area contributed by atoms with Gasteiger partial charge in [0.15, 0.2) is 0 Å². The Morgan fingerprint density at radius 1 is 1.03 bits per heavy atom. The number of amides is 1. The Morgan fingerprint density at radius 2 is 1.71 bits per heavy atom. The average molecular weight is 482 g/mol. The van der Waals surface area contributed by atoms with Crippen molar-refractivity contribution in [3.05, 3.63) is 59.9 Å². The molecule has 4 rings (SSSR count). The number of morpholine rings is 1. The number of hydrogen-bond acceptors (Lipinski definition) is 4. The first kappa shape index (κ1) is 25.8. The second-order valence-corrected chi connectivity index (χ2v) is 8.49. The smallest absolute Gasteiger partial charge is 0.475 e. The number of benzene rings is 1. The Balaban J connectivity index is 0.000000406. The molecule has 1 N–H and O–H groups in total. The molecule has 1 aromatic carbocycles. The summed E-state index contributed by atoms with van der Waals surface area (Å²) in [6, 6.07) is 15.0. The molecular formula is C24H30F3N3O4. The van der Waals surface area contributed by atoms with E-state index >= 15 is 0 Å². The van der Waals surface area contributed by atoms with E-state index in [0.29, 0.717) is 25.6 Å². The number of carbonyl (C=O) groups is 2. The molecule has 1 saturated heterocycles. The van der Waals surface area contributed by atoms with Crippen molar-refractivity contribution >= 4 is 11.9 Å². The third kappa shape index (κ3) is 7.88. The molecule has 7 nitrogen and oxygen atoms in total. The van der Waals surface area contributed by atoms with Gasteiger partial charge in [-0.15, -0.1) is 0 Å². The lowest BCUT2D eigenvalue weighted by Crippen LogP contribution is -2.42. The summed E-state index contributed by atoms with van der Waals surface area (Å²) in [6.07, 6.45) is -1.26. The van der Waals surface area contributed by atoms with Crippen LogP contribution in [0.1, 0.15) is 17.7 Å². The van der Waals surface area contributed by atoms with E-state index in [2.05, 4.69) is 58.1 Å². The van der Waals surface area contributed by atoms with E-state index in [-0.39, 0.29) is 5.91 Å². The molecule has 1 fully saturated rings. The first-order chi connectivity index (χ1) is 16.2. The number of alkyl halides is 3. The zero-order chi connectivity index (χ0) is 24.6. The SMILES string of the molecule is O=C(CC1CN(CCc2ccccc2)Cc2cccn2C1)N1CCOCC1.O=C(O)C(F)(F)F. The van der Waals surface area contributed by atoms with Crippen LogP contribution in [0.3, 0.4) is 0 Å². The van der Waals surface area contributed by atoms with Crippen LogP contribution < -0.4 is 0 Å². The quantitative estimate of drug-likeness (QED) is 0.711. The Morgan fingerprint density at radius 3 is 2.35 bits per heavy atom. The predicted octanol–water partition coefficient (Wildman–Crippen LogP) is 3.04. The Kier molecular flexibility index (Phi) is 9.12. The lowest BCUT2D eigenvalue weighted by molar-refractivity contribution is -0.192. The van der Waals surface area contributed by atoms with Gasteiger partial charge in [0.1, 0.15) is 0 Å². The fraction of sp³-hybridized carbons (Fsp3) is 0.500. The Labute approximate surface area is 196 Å². The Hall–Kier alpha value is -2.85. The molecule has 3 heterocycles. The number of aliphatic carboxylic acids is 1. The summed E-state index contributed by atoms with van der Waals surface area (Å²) in [7, 11) is 0. The van der Waals surface area contributed by atoms with Gasteiger partial charge >= 0.3 is 12.1 Å². The molecule has 1 atom stereocenters. The fourth-order valence-corrected chi connectivity index (χ4v) is 4.19. The van der Waals surface area contributed by atoms with Crippen LogP contribution >= 0.6 is 0 Å². The number of rotatable bonds is 5. The molecule has 0 saturated carbocycles. The minimum atomic E-state index is -5.08. The highest BCUT2D eigenvalue weighted by Gasteiger charge is 2.38. The van der Waals surface area contributed by atoms with Crippen LogP contribution in [0, 0.1) is 5.92 Å². The monoisotopic (exact) mass is 481 g/mol. The molecular weight excluding hydrogens is 451 g/mol. The van der Waals surface area contributed by atoms with Gasteiger partial charge < -0.3 is 19.3 Å². The van der Waals surface area contributed by atoms with Crippen molar-refractivity contribution in [2.75, 3.05) is 39.4 Å². The van der Waals surface area contributed by atoms with Gasteiger partial charge in [0, 0.05) is 57.6 Å². The van der Waals surface area contributed by atoms with Gasteiger partial charge in [-0.3, -0.25) is 9.69 Å². The molecule has 0 bridgehead atoms. The number of fused-ring (bicyclic) bond motifs is 1. The van der Waals surface area contributed by atoms with Crippen molar-refractivity contribution in [3.63, 3.8) is 0 Å². The number of aromatic nitrogens is 1. The van der Waals surface area contributed by atoms with E-state index < -0.39 is 12.1 Å². The summed E-state index contributed by atoms with van der Waals surface area (Å²) < 4.78 is 39.4. The second-order valence-electron chi connectivity index (χ2n) is 8.49. The Bertz CT molecular complexity index is 927. The van der Waals surface area contributed by atoms with Crippen LogP contribution in [0.5, 0.6) is 0 Å². The molecule has 34 heavy (non-hydrogen) atoms. The van der Waals surface area contributed by atoms with Gasteiger partial charge in [0.05, 0.1) is 13.2 Å². The standard InChI is InChI=1S/C22H29N3O2.C2HF3O2/c26-22(24-11-13-27-14-12-24)15-20-16-23(10-8-19-5-2-1-3-6-19)18-21-7-4-9-25(21)17-20;3-2(4,5)1(6)7/h1-7,9,20H,8,10-18H2;(H,6,7). The zero-order valence-electron chi connectivity index (χ0n) is 18.9. The zero-order valence-corrected chi connectivity index (χ0v) is 18.9. The summed E-state index contributed by atoms with van der Waals surface area (Å²) in [5, 5.41) is 7.12. The maximum atomic E-state index is 12.8. The number of nitrogens with zero attached hydrogens (tertiary/aromatic N) is 3. The molecule has 2 aromatic rings. The fourth-order valence-electron chi connectivity index (χ4n) is 4.19. The van der Waals surface area contributed by atoms with Gasteiger partial charge in [-0.1, -0.05) is 30.3 Å². The van der Waals surface area contributed by atoms with E-state index in [1.54, 1.807) is 0 Å². The largest absolute Gasteiger partial charge is 0.490 e. The van der Waals surface area contributed by atoms with Crippen molar-refractivity contribution in [1.82, 2.24) is 14.4 Å². The molecule has 1 amide bonds. The normalized spacial score (nSPS) is 18.9.